The van der Waals surface area contributed by atoms with Gasteiger partial charge in [0.2, 0.25) is 0 Å². The normalized spacial score (nSPS) is 12.7. The quantitative estimate of drug-likeness (QED) is 0.257. The molecule has 0 atom stereocenters. The Kier molecular flexibility index (Phi) is 6.51. The van der Waals surface area contributed by atoms with Crippen LogP contribution in [0, 0.1) is 0 Å². The number of nitrogens with one attached hydrogen (secondary N) is 1. The van der Waals surface area contributed by atoms with E-state index in [4.69, 9.17) is 0 Å². The van der Waals surface area contributed by atoms with Crippen LogP contribution in [0.4, 0.5) is 11.4 Å². The van der Waals surface area contributed by atoms with Crippen molar-refractivity contribution in [2.45, 2.75) is 12.8 Å². The molecule has 0 saturated carbocycles. The van der Waals surface area contributed by atoms with Crippen molar-refractivity contribution in [1.29, 1.82) is 0 Å². The number of anilines is 2. The van der Waals surface area contributed by atoms with Crippen molar-refractivity contribution < 1.29 is 0 Å². The molecule has 5 aromatic rings. The Hall–Kier alpha value is -4.62. The second-order valence-corrected chi connectivity index (χ2v) is 9.43. The van der Waals surface area contributed by atoms with E-state index in [2.05, 4.69) is 133 Å². The summed E-state index contributed by atoms with van der Waals surface area (Å²) in [6.07, 6.45) is 8.88. The molecule has 0 radical (unpaired) electrons. The monoisotopic (exact) mass is 475 g/mol. The Morgan fingerprint density at radius 3 is 1.68 bits per heavy atom. The van der Waals surface area contributed by atoms with Gasteiger partial charge in [-0.15, -0.1) is 0 Å². The standard InChI is InChI=1S/C36H29N/c1-4-10-30(11-5-1)35-25-22-32(26-36(35)31-12-6-2-7-13-31)29-18-16-27(17-19-29)28-20-23-34(24-21-28)37-33-14-8-3-9-15-33/h1-6,8-12,14-26,37H,7,13H2. The third-order valence-corrected chi connectivity index (χ3v) is 6.96. The fourth-order valence-electron chi connectivity index (χ4n) is 4.98. The van der Waals surface area contributed by atoms with Gasteiger partial charge in [0, 0.05) is 11.4 Å². The van der Waals surface area contributed by atoms with Crippen LogP contribution in [0.25, 0.3) is 39.0 Å². The van der Waals surface area contributed by atoms with Crippen molar-refractivity contribution in [1.82, 2.24) is 0 Å². The summed E-state index contributed by atoms with van der Waals surface area (Å²) in [5.74, 6) is 0. The van der Waals surface area contributed by atoms with Crippen LogP contribution in [0.15, 0.2) is 146 Å². The van der Waals surface area contributed by atoms with E-state index in [1.807, 2.05) is 18.2 Å². The average Bonchev–Trinajstić information content (AvgIpc) is 2.99. The van der Waals surface area contributed by atoms with Crippen LogP contribution in [0.3, 0.4) is 0 Å². The van der Waals surface area contributed by atoms with Crippen molar-refractivity contribution in [3.63, 3.8) is 0 Å². The first-order valence-corrected chi connectivity index (χ1v) is 12.9. The summed E-state index contributed by atoms with van der Waals surface area (Å²) < 4.78 is 0. The number of rotatable bonds is 6. The Balaban J connectivity index is 1.27. The van der Waals surface area contributed by atoms with Gasteiger partial charge in [-0.3, -0.25) is 0 Å². The van der Waals surface area contributed by atoms with Gasteiger partial charge in [-0.1, -0.05) is 115 Å². The fourth-order valence-corrected chi connectivity index (χ4v) is 4.98. The van der Waals surface area contributed by atoms with Gasteiger partial charge in [-0.25, -0.2) is 0 Å². The lowest BCUT2D eigenvalue weighted by Crippen LogP contribution is -1.94. The molecule has 0 amide bonds. The maximum Gasteiger partial charge on any atom is 0.0384 e. The van der Waals surface area contributed by atoms with Gasteiger partial charge in [0.05, 0.1) is 0 Å². The number of hydrogen-bond acceptors (Lipinski definition) is 1. The summed E-state index contributed by atoms with van der Waals surface area (Å²) in [7, 11) is 0. The fraction of sp³-hybridized carbons (Fsp3) is 0.0556. The first kappa shape index (κ1) is 22.8. The highest BCUT2D eigenvalue weighted by Gasteiger charge is 2.13. The summed E-state index contributed by atoms with van der Waals surface area (Å²) in [5.41, 5.74) is 12.4. The summed E-state index contributed by atoms with van der Waals surface area (Å²) >= 11 is 0. The molecule has 0 aromatic heterocycles. The van der Waals surface area contributed by atoms with E-state index >= 15 is 0 Å². The minimum Gasteiger partial charge on any atom is -0.356 e. The molecule has 0 fully saturated rings. The van der Waals surface area contributed by atoms with E-state index in [9.17, 15) is 0 Å². The smallest absolute Gasteiger partial charge is 0.0384 e. The van der Waals surface area contributed by atoms with Gasteiger partial charge < -0.3 is 5.32 Å². The van der Waals surface area contributed by atoms with E-state index in [1.165, 1.54) is 44.5 Å². The lowest BCUT2D eigenvalue weighted by molar-refractivity contribution is 1.05. The summed E-state index contributed by atoms with van der Waals surface area (Å²) in [6.45, 7) is 0. The van der Waals surface area contributed by atoms with E-state index in [-0.39, 0.29) is 0 Å². The van der Waals surface area contributed by atoms with E-state index in [0.717, 1.165) is 24.2 Å². The molecule has 1 aliphatic carbocycles. The van der Waals surface area contributed by atoms with Crippen LogP contribution in [0.2, 0.25) is 0 Å². The van der Waals surface area contributed by atoms with Crippen molar-refractivity contribution in [2.24, 2.45) is 0 Å². The zero-order chi connectivity index (χ0) is 24.9. The highest BCUT2D eigenvalue weighted by molar-refractivity contribution is 5.86. The minimum absolute atomic E-state index is 1.08. The van der Waals surface area contributed by atoms with Gasteiger partial charge in [-0.2, -0.15) is 0 Å². The van der Waals surface area contributed by atoms with E-state index in [0.29, 0.717) is 0 Å². The molecule has 0 heterocycles. The first-order chi connectivity index (χ1) is 18.3. The molecule has 1 heteroatoms. The maximum absolute atomic E-state index is 3.45. The van der Waals surface area contributed by atoms with Crippen molar-refractivity contribution >= 4 is 16.9 Å². The molecule has 37 heavy (non-hydrogen) atoms. The van der Waals surface area contributed by atoms with E-state index < -0.39 is 0 Å². The van der Waals surface area contributed by atoms with Crippen LogP contribution in [0.1, 0.15) is 18.4 Å². The highest BCUT2D eigenvalue weighted by Crippen LogP contribution is 2.36. The largest absolute Gasteiger partial charge is 0.356 e. The van der Waals surface area contributed by atoms with Crippen molar-refractivity contribution in [3.05, 3.63) is 151 Å². The van der Waals surface area contributed by atoms with E-state index in [1.54, 1.807) is 0 Å². The van der Waals surface area contributed by atoms with Gasteiger partial charge in [0.15, 0.2) is 0 Å². The molecule has 0 saturated heterocycles. The second-order valence-electron chi connectivity index (χ2n) is 9.43. The van der Waals surface area contributed by atoms with Gasteiger partial charge in [0.1, 0.15) is 0 Å². The molecule has 5 aromatic carbocycles. The zero-order valence-electron chi connectivity index (χ0n) is 20.8. The van der Waals surface area contributed by atoms with Crippen LogP contribution in [-0.2, 0) is 0 Å². The lowest BCUT2D eigenvalue weighted by atomic mass is 9.87. The molecule has 0 aliphatic heterocycles. The minimum atomic E-state index is 1.08. The Labute approximate surface area is 219 Å². The van der Waals surface area contributed by atoms with Crippen LogP contribution >= 0.6 is 0 Å². The molecule has 6 rings (SSSR count). The summed E-state index contributed by atoms with van der Waals surface area (Å²) in [5, 5.41) is 3.45. The van der Waals surface area contributed by atoms with Crippen molar-refractivity contribution in [2.75, 3.05) is 5.32 Å². The molecule has 1 N–H and O–H groups in total. The van der Waals surface area contributed by atoms with Gasteiger partial charge >= 0.3 is 0 Å². The molecule has 1 nitrogen and oxygen atoms in total. The lowest BCUT2D eigenvalue weighted by Gasteiger charge is -2.17. The average molecular weight is 476 g/mol. The topological polar surface area (TPSA) is 12.0 Å². The van der Waals surface area contributed by atoms with Crippen LogP contribution in [0.5, 0.6) is 0 Å². The Morgan fingerprint density at radius 2 is 1.03 bits per heavy atom. The van der Waals surface area contributed by atoms with Gasteiger partial charge in [-0.05, 0) is 87.7 Å². The Morgan fingerprint density at radius 1 is 0.459 bits per heavy atom. The maximum atomic E-state index is 3.45. The van der Waals surface area contributed by atoms with Crippen LogP contribution < -0.4 is 5.32 Å². The van der Waals surface area contributed by atoms with Crippen molar-refractivity contribution in [3.8, 4) is 33.4 Å². The Bertz CT molecular complexity index is 1540. The zero-order valence-corrected chi connectivity index (χ0v) is 20.8. The molecule has 1 aliphatic rings. The molecule has 178 valence electrons. The number of allylic oxidation sites excluding steroid dienone is 4. The molecule has 0 unspecified atom stereocenters. The number of benzene rings is 5. The predicted octanol–water partition coefficient (Wildman–Crippen LogP) is 10.2. The number of hydrogen-bond donors (Lipinski definition) is 1. The summed E-state index contributed by atoms with van der Waals surface area (Å²) in [6, 6.07) is 45.4. The number of para-hydroxylation sites is 1. The first-order valence-electron chi connectivity index (χ1n) is 12.9. The highest BCUT2D eigenvalue weighted by atomic mass is 14.9. The SMILES string of the molecule is C1=CCCC(c2cc(-c3ccc(-c4ccc(Nc5ccccc5)cc4)cc3)ccc2-c2ccccc2)=C1. The summed E-state index contributed by atoms with van der Waals surface area (Å²) in [4.78, 5) is 0. The molecular weight excluding hydrogens is 446 g/mol. The second kappa shape index (κ2) is 10.6. The van der Waals surface area contributed by atoms with Crippen LogP contribution in [-0.4, -0.2) is 0 Å². The molecular formula is C36H29N. The third-order valence-electron chi connectivity index (χ3n) is 6.96. The van der Waals surface area contributed by atoms with Gasteiger partial charge in [0.25, 0.3) is 0 Å². The third kappa shape index (κ3) is 5.17. The molecule has 0 bridgehead atoms. The molecule has 0 spiro atoms. The predicted molar refractivity (Wildman–Crippen MR) is 159 cm³/mol.